The lowest BCUT2D eigenvalue weighted by atomic mass is 9.78. The van der Waals surface area contributed by atoms with Crippen molar-refractivity contribution in [3.05, 3.63) is 34.8 Å². The molecule has 3 aromatic heterocycles. The number of hydrogen-bond acceptors (Lipinski definition) is 7. The fourth-order valence-corrected chi connectivity index (χ4v) is 5.52. The SMILES string of the molecule is Nc1cc(Sc2cnc(N3CCC4(CCOC4)CC3)n3ccnc23)c(Cl)c(Cl)n1. The van der Waals surface area contributed by atoms with Crippen molar-refractivity contribution in [1.82, 2.24) is 19.4 Å². The minimum absolute atomic E-state index is 0.191. The highest BCUT2D eigenvalue weighted by molar-refractivity contribution is 7.99. The molecule has 2 N–H and O–H groups in total. The first-order valence-corrected chi connectivity index (χ1v) is 11.1. The second-order valence-corrected chi connectivity index (χ2v) is 9.40. The summed E-state index contributed by atoms with van der Waals surface area (Å²) in [6.45, 7) is 3.72. The number of nitrogens with two attached hydrogens (primary N) is 1. The lowest BCUT2D eigenvalue weighted by Gasteiger charge is -2.38. The van der Waals surface area contributed by atoms with Crippen LogP contribution in [0, 0.1) is 5.41 Å². The van der Waals surface area contributed by atoms with E-state index < -0.39 is 0 Å². The van der Waals surface area contributed by atoms with E-state index in [2.05, 4.69) is 14.9 Å². The van der Waals surface area contributed by atoms with E-state index in [0.717, 1.165) is 60.5 Å². The zero-order chi connectivity index (χ0) is 20.0. The number of fused-ring (bicyclic) bond motifs is 1. The number of nitrogen functional groups attached to an aromatic ring is 1. The van der Waals surface area contributed by atoms with E-state index >= 15 is 0 Å². The first-order valence-electron chi connectivity index (χ1n) is 9.49. The van der Waals surface area contributed by atoms with Crippen molar-refractivity contribution in [1.29, 1.82) is 0 Å². The summed E-state index contributed by atoms with van der Waals surface area (Å²) in [5.41, 5.74) is 7.01. The number of ether oxygens (including phenoxy) is 1. The Labute approximate surface area is 182 Å². The molecule has 0 saturated carbocycles. The van der Waals surface area contributed by atoms with Crippen molar-refractivity contribution >= 4 is 52.4 Å². The average Bonchev–Trinajstić information content (AvgIpc) is 3.37. The number of anilines is 2. The molecule has 0 amide bonds. The molecule has 5 rings (SSSR count). The minimum Gasteiger partial charge on any atom is -0.384 e. The van der Waals surface area contributed by atoms with Crippen LogP contribution in [0.5, 0.6) is 0 Å². The first-order chi connectivity index (χ1) is 14.0. The van der Waals surface area contributed by atoms with Gasteiger partial charge in [-0.25, -0.2) is 15.0 Å². The monoisotopic (exact) mass is 450 g/mol. The van der Waals surface area contributed by atoms with Gasteiger partial charge in [-0.05, 0) is 30.7 Å². The molecular weight excluding hydrogens is 431 g/mol. The molecule has 1 spiro atoms. The van der Waals surface area contributed by atoms with Crippen LogP contribution >= 0.6 is 35.0 Å². The Morgan fingerprint density at radius 3 is 2.72 bits per heavy atom. The summed E-state index contributed by atoms with van der Waals surface area (Å²) in [5.74, 6) is 1.23. The number of halogens is 2. The van der Waals surface area contributed by atoms with Crippen LogP contribution in [0.2, 0.25) is 10.2 Å². The number of hydrogen-bond donors (Lipinski definition) is 1. The molecule has 0 atom stereocenters. The zero-order valence-electron chi connectivity index (χ0n) is 15.6. The van der Waals surface area contributed by atoms with Crippen LogP contribution in [0.1, 0.15) is 19.3 Å². The Hall–Kier alpha value is -1.74. The zero-order valence-corrected chi connectivity index (χ0v) is 18.0. The van der Waals surface area contributed by atoms with E-state index in [1.807, 2.05) is 16.8 Å². The Kier molecular flexibility index (Phi) is 4.98. The van der Waals surface area contributed by atoms with E-state index in [4.69, 9.17) is 38.7 Å². The second-order valence-electron chi connectivity index (χ2n) is 7.59. The van der Waals surface area contributed by atoms with Crippen molar-refractivity contribution < 1.29 is 4.74 Å². The van der Waals surface area contributed by atoms with E-state index in [9.17, 15) is 0 Å². The van der Waals surface area contributed by atoms with E-state index in [0.29, 0.717) is 16.3 Å². The summed E-state index contributed by atoms with van der Waals surface area (Å²) in [6.07, 6.45) is 9.00. The normalized spacial score (nSPS) is 18.8. The van der Waals surface area contributed by atoms with Gasteiger partial charge in [-0.1, -0.05) is 35.0 Å². The van der Waals surface area contributed by atoms with Gasteiger partial charge in [-0.3, -0.25) is 4.40 Å². The fourth-order valence-electron chi connectivity index (χ4n) is 4.10. The van der Waals surface area contributed by atoms with E-state index in [1.54, 1.807) is 12.3 Å². The number of pyridine rings is 1. The molecule has 2 aliphatic heterocycles. The van der Waals surface area contributed by atoms with Crippen LogP contribution in [0.3, 0.4) is 0 Å². The summed E-state index contributed by atoms with van der Waals surface area (Å²) in [6, 6.07) is 1.71. The van der Waals surface area contributed by atoms with Gasteiger partial charge >= 0.3 is 0 Å². The van der Waals surface area contributed by atoms with Crippen LogP contribution in [0.4, 0.5) is 11.8 Å². The molecule has 2 fully saturated rings. The minimum atomic E-state index is 0.191. The van der Waals surface area contributed by atoms with Crippen LogP contribution in [-0.2, 0) is 4.74 Å². The van der Waals surface area contributed by atoms with Gasteiger partial charge < -0.3 is 15.4 Å². The highest BCUT2D eigenvalue weighted by Gasteiger charge is 2.38. The summed E-state index contributed by atoms with van der Waals surface area (Å²) >= 11 is 13.8. The van der Waals surface area contributed by atoms with Crippen LogP contribution in [0.25, 0.3) is 5.65 Å². The molecule has 0 radical (unpaired) electrons. The molecule has 29 heavy (non-hydrogen) atoms. The van der Waals surface area contributed by atoms with Crippen molar-refractivity contribution in [2.75, 3.05) is 36.9 Å². The molecule has 10 heteroatoms. The molecule has 2 aliphatic rings. The Balaban J connectivity index is 1.43. The summed E-state index contributed by atoms with van der Waals surface area (Å²) < 4.78 is 7.68. The van der Waals surface area contributed by atoms with Gasteiger partial charge in [0, 0.05) is 43.2 Å². The third kappa shape index (κ3) is 3.52. The van der Waals surface area contributed by atoms with Gasteiger partial charge in [0.25, 0.3) is 0 Å². The predicted molar refractivity (Wildman–Crippen MR) is 115 cm³/mol. The topological polar surface area (TPSA) is 81.6 Å². The molecule has 5 heterocycles. The van der Waals surface area contributed by atoms with Gasteiger partial charge in [0.05, 0.1) is 16.5 Å². The van der Waals surface area contributed by atoms with Crippen molar-refractivity contribution in [2.24, 2.45) is 5.41 Å². The first kappa shape index (κ1) is 19.2. The average molecular weight is 451 g/mol. The van der Waals surface area contributed by atoms with Crippen molar-refractivity contribution in [2.45, 2.75) is 29.1 Å². The molecule has 0 bridgehead atoms. The quantitative estimate of drug-likeness (QED) is 0.599. The number of piperidine rings is 1. The number of imidazole rings is 1. The van der Waals surface area contributed by atoms with Gasteiger partial charge in [0.15, 0.2) is 10.8 Å². The third-order valence-corrected chi connectivity index (χ3v) is 7.70. The number of nitrogens with zero attached hydrogens (tertiary/aromatic N) is 5. The molecule has 0 aromatic carbocycles. The Morgan fingerprint density at radius 1 is 1.14 bits per heavy atom. The second kappa shape index (κ2) is 7.50. The standard InChI is InChI=1S/C19H20Cl2N6OS/c20-15-12(9-14(22)25-16(15)21)29-13-10-24-18(27-7-4-23-17(13)27)26-5-1-19(2-6-26)3-8-28-11-19/h4,7,9-10H,1-3,5-6,8,11H2,(H2,22,25). The van der Waals surface area contributed by atoms with Crippen LogP contribution < -0.4 is 10.6 Å². The Morgan fingerprint density at radius 2 is 1.97 bits per heavy atom. The highest BCUT2D eigenvalue weighted by atomic mass is 35.5. The number of rotatable bonds is 3. The summed E-state index contributed by atoms with van der Waals surface area (Å²) in [5, 5.41) is 0.566. The smallest absolute Gasteiger partial charge is 0.211 e. The molecular formula is C19H20Cl2N6OS. The van der Waals surface area contributed by atoms with E-state index in [-0.39, 0.29) is 5.15 Å². The third-order valence-electron chi connectivity index (χ3n) is 5.79. The molecule has 2 saturated heterocycles. The summed E-state index contributed by atoms with van der Waals surface area (Å²) in [7, 11) is 0. The molecule has 0 unspecified atom stereocenters. The number of aromatic nitrogens is 4. The summed E-state index contributed by atoms with van der Waals surface area (Å²) in [4.78, 5) is 17.2. The lowest BCUT2D eigenvalue weighted by Crippen LogP contribution is -2.41. The van der Waals surface area contributed by atoms with Crippen molar-refractivity contribution in [3.63, 3.8) is 0 Å². The van der Waals surface area contributed by atoms with Crippen LogP contribution in [0.15, 0.2) is 34.4 Å². The molecule has 152 valence electrons. The maximum Gasteiger partial charge on any atom is 0.211 e. The fraction of sp³-hybridized carbons (Fsp3) is 0.421. The van der Waals surface area contributed by atoms with Crippen LogP contribution in [-0.4, -0.2) is 45.7 Å². The lowest BCUT2D eigenvalue weighted by molar-refractivity contribution is 0.133. The van der Waals surface area contributed by atoms with Gasteiger partial charge in [-0.15, -0.1) is 0 Å². The van der Waals surface area contributed by atoms with Gasteiger partial charge in [0.2, 0.25) is 5.95 Å². The highest BCUT2D eigenvalue weighted by Crippen LogP contribution is 2.41. The maximum atomic E-state index is 6.32. The molecule has 7 nitrogen and oxygen atoms in total. The van der Waals surface area contributed by atoms with E-state index in [1.165, 1.54) is 18.2 Å². The Bertz CT molecular complexity index is 1060. The molecule has 3 aromatic rings. The van der Waals surface area contributed by atoms with Gasteiger partial charge in [0.1, 0.15) is 5.82 Å². The maximum absolute atomic E-state index is 6.32. The van der Waals surface area contributed by atoms with Gasteiger partial charge in [-0.2, -0.15) is 0 Å². The predicted octanol–water partition coefficient (Wildman–Crippen LogP) is 4.17. The van der Waals surface area contributed by atoms with Crippen molar-refractivity contribution in [3.8, 4) is 0 Å². The molecule has 0 aliphatic carbocycles. The largest absolute Gasteiger partial charge is 0.384 e.